The number of amides is 2. The number of benzene rings is 2. The zero-order valence-electron chi connectivity index (χ0n) is 17.7. The Morgan fingerprint density at radius 2 is 1.81 bits per heavy atom. The summed E-state index contributed by atoms with van der Waals surface area (Å²) in [6.45, 7) is 5.25. The summed E-state index contributed by atoms with van der Waals surface area (Å²) < 4.78 is 0. The molecular formula is C22H22ClN5O3S. The summed E-state index contributed by atoms with van der Waals surface area (Å²) in [5, 5.41) is 13.9. The lowest BCUT2D eigenvalue weighted by Crippen LogP contribution is -2.24. The molecule has 1 heterocycles. The van der Waals surface area contributed by atoms with Crippen LogP contribution in [0.25, 0.3) is 11.3 Å². The van der Waals surface area contributed by atoms with Gasteiger partial charge in [0, 0.05) is 22.7 Å². The summed E-state index contributed by atoms with van der Waals surface area (Å²) >= 11 is 7.17. The zero-order chi connectivity index (χ0) is 23.3. The molecule has 0 saturated carbocycles. The van der Waals surface area contributed by atoms with Gasteiger partial charge in [-0.15, -0.1) is 10.2 Å². The van der Waals surface area contributed by atoms with Crippen molar-refractivity contribution in [1.29, 1.82) is 0 Å². The number of hydrogen-bond acceptors (Lipinski definition) is 6. The lowest BCUT2D eigenvalue weighted by atomic mass is 10.1. The number of aromatic nitrogens is 3. The van der Waals surface area contributed by atoms with E-state index >= 15 is 0 Å². The average Bonchev–Trinajstić information content (AvgIpc) is 2.77. The SMILES string of the molecule is CCC(=O)Nc1ccccc1-c1nnc(S[C@H](C)C(=O)Nc2cccc(Cl)c2C)[nH]c1=O. The maximum atomic E-state index is 12.7. The van der Waals surface area contributed by atoms with Crippen LogP contribution in [0.1, 0.15) is 25.8 Å². The van der Waals surface area contributed by atoms with Crippen LogP contribution >= 0.6 is 23.4 Å². The lowest BCUT2D eigenvalue weighted by Gasteiger charge is -2.13. The molecular weight excluding hydrogens is 450 g/mol. The van der Waals surface area contributed by atoms with Crippen LogP contribution < -0.4 is 16.2 Å². The standard InChI is InChI=1S/C22H22ClN5O3S/c1-4-18(29)24-17-10-6-5-8-14(17)19-21(31)26-22(28-27-19)32-13(3)20(30)25-16-11-7-9-15(23)12(16)2/h5-11,13H,4H2,1-3H3,(H,24,29)(H,25,30)(H,26,28,31)/t13-/m1/s1. The van der Waals surface area contributed by atoms with E-state index in [-0.39, 0.29) is 22.7 Å². The lowest BCUT2D eigenvalue weighted by molar-refractivity contribution is -0.116. The van der Waals surface area contributed by atoms with Crippen molar-refractivity contribution in [2.75, 3.05) is 10.6 Å². The Bertz CT molecular complexity index is 1210. The average molecular weight is 472 g/mol. The van der Waals surface area contributed by atoms with E-state index in [0.29, 0.717) is 28.4 Å². The van der Waals surface area contributed by atoms with Crippen LogP contribution in [0, 0.1) is 6.92 Å². The summed E-state index contributed by atoms with van der Waals surface area (Å²) in [4.78, 5) is 39.7. The minimum atomic E-state index is -0.555. The first-order valence-corrected chi connectivity index (χ1v) is 11.1. The van der Waals surface area contributed by atoms with Crippen LogP contribution in [0.4, 0.5) is 11.4 Å². The molecule has 3 rings (SSSR count). The van der Waals surface area contributed by atoms with Crippen molar-refractivity contribution in [1.82, 2.24) is 15.2 Å². The van der Waals surface area contributed by atoms with Gasteiger partial charge in [-0.2, -0.15) is 0 Å². The van der Waals surface area contributed by atoms with Gasteiger partial charge in [0.2, 0.25) is 11.8 Å². The number of halogens is 1. The van der Waals surface area contributed by atoms with E-state index in [4.69, 9.17) is 11.6 Å². The Morgan fingerprint density at radius 3 is 2.53 bits per heavy atom. The number of anilines is 2. The maximum absolute atomic E-state index is 12.7. The van der Waals surface area contributed by atoms with Crippen LogP contribution in [-0.2, 0) is 9.59 Å². The van der Waals surface area contributed by atoms with Gasteiger partial charge < -0.3 is 10.6 Å². The molecule has 3 N–H and O–H groups in total. The molecule has 8 nitrogen and oxygen atoms in total. The first kappa shape index (κ1) is 23.5. The van der Waals surface area contributed by atoms with E-state index in [2.05, 4.69) is 25.8 Å². The second-order valence-corrected chi connectivity index (χ2v) is 8.65. The van der Waals surface area contributed by atoms with Crippen LogP contribution in [0.3, 0.4) is 0 Å². The summed E-state index contributed by atoms with van der Waals surface area (Å²) in [5.41, 5.74) is 1.93. The minimum Gasteiger partial charge on any atom is -0.325 e. The van der Waals surface area contributed by atoms with Crippen molar-refractivity contribution < 1.29 is 9.59 Å². The van der Waals surface area contributed by atoms with Gasteiger partial charge in [-0.3, -0.25) is 19.4 Å². The predicted octanol–water partition coefficient (Wildman–Crippen LogP) is 4.26. The second kappa shape index (κ2) is 10.4. The molecule has 1 aromatic heterocycles. The molecule has 0 saturated heterocycles. The first-order chi connectivity index (χ1) is 15.3. The highest BCUT2D eigenvalue weighted by atomic mass is 35.5. The number of carbonyl (C=O) groups excluding carboxylic acids is 2. The van der Waals surface area contributed by atoms with Gasteiger partial charge in [0.25, 0.3) is 5.56 Å². The molecule has 0 unspecified atom stereocenters. The van der Waals surface area contributed by atoms with Gasteiger partial charge in [0.15, 0.2) is 10.9 Å². The summed E-state index contributed by atoms with van der Waals surface area (Å²) in [5.74, 6) is -0.441. The number of nitrogens with one attached hydrogen (secondary N) is 3. The number of hydrogen-bond donors (Lipinski definition) is 3. The molecule has 10 heteroatoms. The number of aromatic amines is 1. The number of nitrogens with zero attached hydrogens (tertiary/aromatic N) is 2. The Labute approximate surface area is 194 Å². The largest absolute Gasteiger partial charge is 0.325 e. The number of H-pyrrole nitrogens is 1. The minimum absolute atomic E-state index is 0.0769. The Morgan fingerprint density at radius 1 is 1.09 bits per heavy atom. The number of para-hydroxylation sites is 1. The van der Waals surface area contributed by atoms with Crippen molar-refractivity contribution in [2.24, 2.45) is 0 Å². The number of thioether (sulfide) groups is 1. The zero-order valence-corrected chi connectivity index (χ0v) is 19.3. The molecule has 2 aromatic carbocycles. The third-order valence-corrected chi connectivity index (χ3v) is 6.02. The van der Waals surface area contributed by atoms with Crippen LogP contribution in [0.2, 0.25) is 5.02 Å². The Kier molecular flexibility index (Phi) is 7.66. The fourth-order valence-electron chi connectivity index (χ4n) is 2.79. The van der Waals surface area contributed by atoms with Crippen molar-refractivity contribution in [3.8, 4) is 11.3 Å². The van der Waals surface area contributed by atoms with E-state index in [1.165, 1.54) is 0 Å². The fourth-order valence-corrected chi connectivity index (χ4v) is 3.70. The van der Waals surface area contributed by atoms with Gasteiger partial charge >= 0.3 is 0 Å². The molecule has 0 spiro atoms. The van der Waals surface area contributed by atoms with Gasteiger partial charge in [0.05, 0.1) is 10.9 Å². The van der Waals surface area contributed by atoms with E-state index in [9.17, 15) is 14.4 Å². The van der Waals surface area contributed by atoms with Gasteiger partial charge in [-0.05, 0) is 37.6 Å². The molecule has 1 atom stereocenters. The Balaban J connectivity index is 1.76. The van der Waals surface area contributed by atoms with E-state index < -0.39 is 10.8 Å². The molecule has 166 valence electrons. The van der Waals surface area contributed by atoms with Crippen molar-refractivity contribution in [3.63, 3.8) is 0 Å². The normalized spacial score (nSPS) is 11.6. The number of carbonyl (C=O) groups is 2. The third-order valence-electron chi connectivity index (χ3n) is 4.64. The van der Waals surface area contributed by atoms with E-state index in [0.717, 1.165) is 17.3 Å². The molecule has 0 aliphatic heterocycles. The van der Waals surface area contributed by atoms with E-state index in [1.54, 1.807) is 56.3 Å². The predicted molar refractivity (Wildman–Crippen MR) is 127 cm³/mol. The van der Waals surface area contributed by atoms with E-state index in [1.807, 2.05) is 6.92 Å². The van der Waals surface area contributed by atoms with Crippen LogP contribution in [0.15, 0.2) is 52.4 Å². The van der Waals surface area contributed by atoms with Crippen molar-refractivity contribution in [2.45, 2.75) is 37.6 Å². The fraction of sp³-hybridized carbons (Fsp3) is 0.227. The highest BCUT2D eigenvalue weighted by Gasteiger charge is 2.19. The van der Waals surface area contributed by atoms with Gasteiger partial charge in [-0.1, -0.05) is 54.6 Å². The quantitative estimate of drug-likeness (QED) is 0.443. The molecule has 0 aliphatic rings. The summed E-state index contributed by atoms with van der Waals surface area (Å²) in [6, 6.07) is 12.1. The maximum Gasteiger partial charge on any atom is 0.278 e. The molecule has 2 amide bonds. The molecule has 0 aliphatic carbocycles. The highest BCUT2D eigenvalue weighted by molar-refractivity contribution is 8.00. The van der Waals surface area contributed by atoms with Crippen molar-refractivity contribution >= 4 is 46.6 Å². The van der Waals surface area contributed by atoms with Gasteiger partial charge in [0.1, 0.15) is 0 Å². The highest BCUT2D eigenvalue weighted by Crippen LogP contribution is 2.26. The molecule has 0 fully saturated rings. The summed E-state index contributed by atoms with van der Waals surface area (Å²) in [6.07, 6.45) is 0.306. The molecule has 0 bridgehead atoms. The summed E-state index contributed by atoms with van der Waals surface area (Å²) in [7, 11) is 0. The second-order valence-electron chi connectivity index (χ2n) is 6.92. The first-order valence-electron chi connectivity index (χ1n) is 9.89. The van der Waals surface area contributed by atoms with Crippen LogP contribution in [0.5, 0.6) is 0 Å². The van der Waals surface area contributed by atoms with Crippen LogP contribution in [-0.4, -0.2) is 32.2 Å². The third kappa shape index (κ3) is 5.54. The van der Waals surface area contributed by atoms with Crippen molar-refractivity contribution in [3.05, 3.63) is 63.4 Å². The molecule has 0 radical (unpaired) electrons. The molecule has 3 aromatic rings. The monoisotopic (exact) mass is 471 g/mol. The molecule has 32 heavy (non-hydrogen) atoms. The number of rotatable bonds is 7. The smallest absolute Gasteiger partial charge is 0.278 e. The van der Waals surface area contributed by atoms with Gasteiger partial charge in [-0.25, -0.2) is 0 Å². The Hall–Kier alpha value is -3.17. The topological polar surface area (TPSA) is 117 Å².